The molecule has 2 aromatic rings. The molecule has 0 radical (unpaired) electrons. The second-order valence-corrected chi connectivity index (χ2v) is 5.23. The SMILES string of the molecule is C=Cc1c(C(/C=C\N)=C(C)C)ccc2cc(C)ccc12. The second-order valence-electron chi connectivity index (χ2n) is 5.23. The van der Waals surface area contributed by atoms with Gasteiger partial charge in [-0.1, -0.05) is 54.1 Å². The standard InChI is InChI=1S/C19H21N/c1-5-16-18-8-6-14(4)12-15(18)7-9-19(16)17(10-11-20)13(2)3/h5-12H,1,20H2,2-4H3/b11-10-. The molecular weight excluding hydrogens is 242 g/mol. The highest BCUT2D eigenvalue weighted by molar-refractivity contribution is 5.97. The number of benzene rings is 2. The van der Waals surface area contributed by atoms with E-state index < -0.39 is 0 Å². The van der Waals surface area contributed by atoms with E-state index in [1.807, 2.05) is 12.2 Å². The van der Waals surface area contributed by atoms with Crippen LogP contribution in [0.4, 0.5) is 0 Å². The Morgan fingerprint density at radius 2 is 1.90 bits per heavy atom. The number of nitrogens with two attached hydrogens (primary N) is 1. The van der Waals surface area contributed by atoms with Crippen molar-refractivity contribution in [3.8, 4) is 0 Å². The average Bonchev–Trinajstić information content (AvgIpc) is 2.43. The van der Waals surface area contributed by atoms with Crippen LogP contribution in [0.15, 0.2) is 54.8 Å². The third-order valence-corrected chi connectivity index (χ3v) is 3.51. The summed E-state index contributed by atoms with van der Waals surface area (Å²) in [6, 6.07) is 10.8. The van der Waals surface area contributed by atoms with Gasteiger partial charge in [0.1, 0.15) is 0 Å². The van der Waals surface area contributed by atoms with Crippen molar-refractivity contribution >= 4 is 22.4 Å². The maximum absolute atomic E-state index is 5.59. The van der Waals surface area contributed by atoms with Gasteiger partial charge in [-0.05, 0) is 60.5 Å². The minimum absolute atomic E-state index is 1.16. The van der Waals surface area contributed by atoms with Gasteiger partial charge in [0, 0.05) is 0 Å². The highest BCUT2D eigenvalue weighted by atomic mass is 14.5. The van der Waals surface area contributed by atoms with E-state index in [0.29, 0.717) is 0 Å². The number of hydrogen-bond donors (Lipinski definition) is 1. The maximum Gasteiger partial charge on any atom is -0.00562 e. The Hall–Kier alpha value is -2.28. The molecule has 0 saturated carbocycles. The van der Waals surface area contributed by atoms with Gasteiger partial charge < -0.3 is 5.73 Å². The van der Waals surface area contributed by atoms with Crippen molar-refractivity contribution in [1.29, 1.82) is 0 Å². The van der Waals surface area contributed by atoms with Gasteiger partial charge in [0.05, 0.1) is 0 Å². The topological polar surface area (TPSA) is 26.0 Å². The summed E-state index contributed by atoms with van der Waals surface area (Å²) in [6.07, 6.45) is 5.48. The fourth-order valence-electron chi connectivity index (χ4n) is 2.55. The average molecular weight is 263 g/mol. The second kappa shape index (κ2) is 5.79. The summed E-state index contributed by atoms with van der Waals surface area (Å²) in [5.41, 5.74) is 11.6. The zero-order valence-electron chi connectivity index (χ0n) is 12.4. The molecule has 0 unspecified atom stereocenters. The molecule has 0 aliphatic rings. The Labute approximate surface area is 121 Å². The van der Waals surface area contributed by atoms with E-state index in [-0.39, 0.29) is 0 Å². The van der Waals surface area contributed by atoms with Crippen LogP contribution >= 0.6 is 0 Å². The summed E-state index contributed by atoms with van der Waals surface area (Å²) in [7, 11) is 0. The van der Waals surface area contributed by atoms with Gasteiger partial charge in [0.15, 0.2) is 0 Å². The fourth-order valence-corrected chi connectivity index (χ4v) is 2.55. The van der Waals surface area contributed by atoms with E-state index in [9.17, 15) is 0 Å². The summed E-state index contributed by atoms with van der Waals surface area (Å²) in [5, 5.41) is 2.47. The first-order valence-corrected chi connectivity index (χ1v) is 6.80. The van der Waals surface area contributed by atoms with Crippen LogP contribution in [0, 0.1) is 6.92 Å². The summed E-state index contributed by atoms with van der Waals surface area (Å²) in [6.45, 7) is 10.3. The third-order valence-electron chi connectivity index (χ3n) is 3.51. The predicted octanol–water partition coefficient (Wildman–Crippen LogP) is 5.06. The Morgan fingerprint density at radius 3 is 2.50 bits per heavy atom. The molecule has 102 valence electrons. The van der Waals surface area contributed by atoms with Gasteiger partial charge in [-0.15, -0.1) is 0 Å². The van der Waals surface area contributed by atoms with Crippen molar-refractivity contribution in [2.24, 2.45) is 5.73 Å². The molecular formula is C19H21N. The smallest absolute Gasteiger partial charge is 0.00562 e. The van der Waals surface area contributed by atoms with Crippen molar-refractivity contribution in [2.75, 3.05) is 0 Å². The van der Waals surface area contributed by atoms with Gasteiger partial charge in [-0.3, -0.25) is 0 Å². The number of aryl methyl sites for hydroxylation is 1. The monoisotopic (exact) mass is 263 g/mol. The number of rotatable bonds is 3. The molecule has 0 spiro atoms. The van der Waals surface area contributed by atoms with E-state index in [0.717, 1.165) is 11.1 Å². The highest BCUT2D eigenvalue weighted by Gasteiger charge is 2.09. The molecule has 0 aliphatic carbocycles. The lowest BCUT2D eigenvalue weighted by Gasteiger charge is -2.13. The molecule has 0 aromatic heterocycles. The molecule has 2 aromatic carbocycles. The van der Waals surface area contributed by atoms with Crippen LogP contribution in [0.25, 0.3) is 22.4 Å². The molecule has 0 bridgehead atoms. The zero-order chi connectivity index (χ0) is 14.7. The number of allylic oxidation sites excluding steroid dienone is 3. The molecule has 0 amide bonds. The zero-order valence-corrected chi connectivity index (χ0v) is 12.4. The Morgan fingerprint density at radius 1 is 1.15 bits per heavy atom. The summed E-state index contributed by atoms with van der Waals surface area (Å²) < 4.78 is 0. The number of fused-ring (bicyclic) bond motifs is 1. The first-order valence-electron chi connectivity index (χ1n) is 6.80. The van der Waals surface area contributed by atoms with Crippen molar-refractivity contribution in [1.82, 2.24) is 0 Å². The quantitative estimate of drug-likeness (QED) is 0.770. The van der Waals surface area contributed by atoms with Crippen LogP contribution in [-0.4, -0.2) is 0 Å². The van der Waals surface area contributed by atoms with Crippen LogP contribution in [0.5, 0.6) is 0 Å². The van der Waals surface area contributed by atoms with E-state index in [2.05, 4.69) is 57.7 Å². The normalized spacial score (nSPS) is 10.9. The van der Waals surface area contributed by atoms with Crippen molar-refractivity contribution in [3.05, 3.63) is 71.5 Å². The molecule has 20 heavy (non-hydrogen) atoms. The van der Waals surface area contributed by atoms with E-state index in [1.54, 1.807) is 6.20 Å². The summed E-state index contributed by atoms with van der Waals surface area (Å²) in [5.74, 6) is 0. The number of hydrogen-bond acceptors (Lipinski definition) is 1. The predicted molar refractivity (Wildman–Crippen MR) is 90.4 cm³/mol. The summed E-state index contributed by atoms with van der Waals surface area (Å²) >= 11 is 0. The molecule has 2 N–H and O–H groups in total. The molecule has 0 atom stereocenters. The molecule has 0 heterocycles. The van der Waals surface area contributed by atoms with Crippen LogP contribution in [-0.2, 0) is 0 Å². The lowest BCUT2D eigenvalue weighted by molar-refractivity contribution is 1.39. The van der Waals surface area contributed by atoms with Crippen LogP contribution in [0.1, 0.15) is 30.5 Å². The van der Waals surface area contributed by atoms with Crippen molar-refractivity contribution < 1.29 is 0 Å². The van der Waals surface area contributed by atoms with E-state index in [4.69, 9.17) is 5.73 Å². The van der Waals surface area contributed by atoms with Gasteiger partial charge in [-0.2, -0.15) is 0 Å². The third kappa shape index (κ3) is 2.53. The van der Waals surface area contributed by atoms with Gasteiger partial charge in [0.25, 0.3) is 0 Å². The molecule has 1 nitrogen and oxygen atoms in total. The Balaban J connectivity index is 2.81. The molecule has 2 rings (SSSR count). The van der Waals surface area contributed by atoms with Crippen LogP contribution in [0.3, 0.4) is 0 Å². The van der Waals surface area contributed by atoms with Gasteiger partial charge in [-0.25, -0.2) is 0 Å². The minimum atomic E-state index is 1.16. The fraction of sp³-hybridized carbons (Fsp3) is 0.158. The van der Waals surface area contributed by atoms with Crippen molar-refractivity contribution in [3.63, 3.8) is 0 Å². The highest BCUT2D eigenvalue weighted by Crippen LogP contribution is 2.31. The van der Waals surface area contributed by atoms with E-state index >= 15 is 0 Å². The van der Waals surface area contributed by atoms with E-state index in [1.165, 1.54) is 27.5 Å². The van der Waals surface area contributed by atoms with Crippen LogP contribution < -0.4 is 5.73 Å². The summed E-state index contributed by atoms with van der Waals surface area (Å²) in [4.78, 5) is 0. The Bertz CT molecular complexity index is 714. The first kappa shape index (κ1) is 14.1. The lowest BCUT2D eigenvalue weighted by atomic mass is 9.91. The molecule has 0 aliphatic heterocycles. The first-order chi connectivity index (χ1) is 9.58. The maximum atomic E-state index is 5.59. The largest absolute Gasteiger partial charge is 0.405 e. The minimum Gasteiger partial charge on any atom is -0.405 e. The van der Waals surface area contributed by atoms with Gasteiger partial charge in [0.2, 0.25) is 0 Å². The molecule has 0 saturated heterocycles. The van der Waals surface area contributed by atoms with Crippen molar-refractivity contribution in [2.45, 2.75) is 20.8 Å². The van der Waals surface area contributed by atoms with Gasteiger partial charge >= 0.3 is 0 Å². The van der Waals surface area contributed by atoms with Crippen LogP contribution in [0.2, 0.25) is 0 Å². The Kier molecular flexibility index (Phi) is 4.09. The molecule has 1 heteroatoms. The lowest BCUT2D eigenvalue weighted by Crippen LogP contribution is -1.92. The molecule has 0 fully saturated rings.